The lowest BCUT2D eigenvalue weighted by molar-refractivity contribution is -0.274. The number of rotatable bonds is 6. The number of halogens is 3. The van der Waals surface area contributed by atoms with Crippen molar-refractivity contribution in [2.45, 2.75) is 25.7 Å². The van der Waals surface area contributed by atoms with E-state index in [1.165, 1.54) is 19.1 Å². The van der Waals surface area contributed by atoms with Crippen LogP contribution in [0.25, 0.3) is 0 Å². The average Bonchev–Trinajstić information content (AvgIpc) is 2.55. The van der Waals surface area contributed by atoms with Crippen molar-refractivity contribution < 1.29 is 27.5 Å². The Morgan fingerprint density at radius 2 is 1.65 bits per heavy atom. The fraction of sp³-hybridized carbons (Fsp3) is 0.222. The van der Waals surface area contributed by atoms with Gasteiger partial charge in [-0.1, -0.05) is 30.3 Å². The van der Waals surface area contributed by atoms with E-state index >= 15 is 0 Å². The number of anilines is 1. The molecular weight excluding hydrogens is 349 g/mol. The quantitative estimate of drug-likeness (QED) is 0.817. The molecule has 8 heteroatoms. The minimum absolute atomic E-state index is 0.0234. The van der Waals surface area contributed by atoms with Crippen LogP contribution in [0.1, 0.15) is 24.9 Å². The van der Waals surface area contributed by atoms with Crippen LogP contribution in [-0.2, 0) is 9.59 Å². The van der Waals surface area contributed by atoms with Gasteiger partial charge in [-0.05, 0) is 29.8 Å². The molecule has 0 fully saturated rings. The van der Waals surface area contributed by atoms with Gasteiger partial charge in [0.25, 0.3) is 0 Å². The minimum Gasteiger partial charge on any atom is -0.406 e. The summed E-state index contributed by atoms with van der Waals surface area (Å²) in [6.45, 7) is 1.35. The van der Waals surface area contributed by atoms with Gasteiger partial charge in [0, 0.05) is 12.6 Å². The fourth-order valence-electron chi connectivity index (χ4n) is 2.32. The monoisotopic (exact) mass is 366 g/mol. The van der Waals surface area contributed by atoms with E-state index in [0.29, 0.717) is 5.69 Å². The van der Waals surface area contributed by atoms with Crippen LogP contribution < -0.4 is 15.4 Å². The molecule has 0 aliphatic rings. The molecule has 0 spiro atoms. The average molecular weight is 366 g/mol. The highest BCUT2D eigenvalue weighted by atomic mass is 19.4. The summed E-state index contributed by atoms with van der Waals surface area (Å²) >= 11 is 0. The van der Waals surface area contributed by atoms with Crippen molar-refractivity contribution in [3.63, 3.8) is 0 Å². The number of nitrogens with one attached hydrogen (secondary N) is 2. The zero-order valence-electron chi connectivity index (χ0n) is 13.8. The van der Waals surface area contributed by atoms with Crippen molar-refractivity contribution >= 4 is 17.5 Å². The molecule has 2 rings (SSSR count). The van der Waals surface area contributed by atoms with Gasteiger partial charge in [0.05, 0.1) is 12.5 Å². The summed E-state index contributed by atoms with van der Waals surface area (Å²) in [7, 11) is 0. The first-order valence-corrected chi connectivity index (χ1v) is 7.70. The van der Waals surface area contributed by atoms with E-state index in [-0.39, 0.29) is 18.1 Å². The van der Waals surface area contributed by atoms with Crippen molar-refractivity contribution in [3.05, 3.63) is 60.2 Å². The van der Waals surface area contributed by atoms with E-state index in [2.05, 4.69) is 15.4 Å². The minimum atomic E-state index is -4.77. The Labute approximate surface area is 148 Å². The lowest BCUT2D eigenvalue weighted by Gasteiger charge is -2.18. The number of benzene rings is 2. The van der Waals surface area contributed by atoms with Crippen molar-refractivity contribution in [2.75, 3.05) is 5.32 Å². The summed E-state index contributed by atoms with van der Waals surface area (Å²) in [5.41, 5.74) is 1.09. The molecule has 138 valence electrons. The van der Waals surface area contributed by atoms with Gasteiger partial charge in [0.2, 0.25) is 11.8 Å². The second kappa shape index (κ2) is 8.37. The fourth-order valence-corrected chi connectivity index (χ4v) is 2.32. The molecule has 2 aromatic carbocycles. The summed E-state index contributed by atoms with van der Waals surface area (Å²) in [5.74, 6) is -1.05. The molecule has 0 saturated carbocycles. The molecule has 26 heavy (non-hydrogen) atoms. The maximum Gasteiger partial charge on any atom is 0.573 e. The van der Waals surface area contributed by atoms with Crippen molar-refractivity contribution in [2.24, 2.45) is 0 Å². The van der Waals surface area contributed by atoms with E-state index in [1.807, 2.05) is 6.07 Å². The molecule has 0 aliphatic carbocycles. The van der Waals surface area contributed by atoms with E-state index < -0.39 is 18.3 Å². The molecule has 0 aromatic heterocycles. The molecule has 5 nitrogen and oxygen atoms in total. The van der Waals surface area contributed by atoms with E-state index in [9.17, 15) is 22.8 Å². The van der Waals surface area contributed by atoms with Gasteiger partial charge in [0.1, 0.15) is 5.75 Å². The van der Waals surface area contributed by atoms with E-state index in [0.717, 1.165) is 17.7 Å². The summed E-state index contributed by atoms with van der Waals surface area (Å²) in [5, 5.41) is 5.28. The summed E-state index contributed by atoms with van der Waals surface area (Å²) in [4.78, 5) is 23.6. The molecule has 2 N–H and O–H groups in total. The van der Waals surface area contributed by atoms with Crippen LogP contribution in [0.4, 0.5) is 18.9 Å². The van der Waals surface area contributed by atoms with Gasteiger partial charge in [0.15, 0.2) is 0 Å². The second-order valence-electron chi connectivity index (χ2n) is 5.49. The molecule has 1 atom stereocenters. The van der Waals surface area contributed by atoms with Crippen LogP contribution in [0.2, 0.25) is 0 Å². The summed E-state index contributed by atoms with van der Waals surface area (Å²) < 4.78 is 40.2. The highest BCUT2D eigenvalue weighted by Gasteiger charge is 2.31. The maximum atomic E-state index is 12.2. The maximum absolute atomic E-state index is 12.2. The third-order valence-corrected chi connectivity index (χ3v) is 3.34. The van der Waals surface area contributed by atoms with Crippen LogP contribution in [0, 0.1) is 0 Å². The zero-order valence-corrected chi connectivity index (χ0v) is 13.8. The number of amides is 2. The first-order chi connectivity index (χ1) is 12.2. The Morgan fingerprint density at radius 1 is 1.04 bits per heavy atom. The first kappa shape index (κ1) is 19.3. The summed E-state index contributed by atoms with van der Waals surface area (Å²) in [6, 6.07) is 13.3. The number of carbonyl (C=O) groups is 2. The Bertz CT molecular complexity index is 747. The van der Waals surface area contributed by atoms with Crippen LogP contribution in [0.3, 0.4) is 0 Å². The van der Waals surface area contributed by atoms with Gasteiger partial charge in [-0.25, -0.2) is 0 Å². The van der Waals surface area contributed by atoms with Gasteiger partial charge in [-0.3, -0.25) is 9.59 Å². The number of hydrogen-bond donors (Lipinski definition) is 2. The zero-order chi connectivity index (χ0) is 19.2. The number of carbonyl (C=O) groups excluding carboxylic acids is 2. The summed E-state index contributed by atoms with van der Waals surface area (Å²) in [6.07, 6.45) is -4.80. The molecule has 0 saturated heterocycles. The number of ether oxygens (including phenoxy) is 1. The van der Waals surface area contributed by atoms with E-state index in [1.54, 1.807) is 24.3 Å². The normalized spacial score (nSPS) is 12.2. The Hall–Kier alpha value is -3.03. The lowest BCUT2D eigenvalue weighted by Crippen LogP contribution is -2.29. The number of alkyl halides is 3. The van der Waals surface area contributed by atoms with Crippen LogP contribution in [-0.4, -0.2) is 18.2 Å². The Morgan fingerprint density at radius 3 is 2.19 bits per heavy atom. The second-order valence-corrected chi connectivity index (χ2v) is 5.49. The molecule has 2 amide bonds. The van der Waals surface area contributed by atoms with Gasteiger partial charge in [-0.2, -0.15) is 0 Å². The highest BCUT2D eigenvalue weighted by Crippen LogP contribution is 2.24. The predicted octanol–water partition coefficient (Wildman–Crippen LogP) is 3.79. The third kappa shape index (κ3) is 6.46. The molecule has 0 radical (unpaired) electrons. The van der Waals surface area contributed by atoms with Gasteiger partial charge >= 0.3 is 6.36 Å². The van der Waals surface area contributed by atoms with Crippen molar-refractivity contribution in [1.82, 2.24) is 5.32 Å². The van der Waals surface area contributed by atoms with Crippen molar-refractivity contribution in [3.8, 4) is 5.75 Å². The molecule has 2 aromatic rings. The number of hydrogen-bond acceptors (Lipinski definition) is 3. The molecule has 0 unspecified atom stereocenters. The highest BCUT2D eigenvalue weighted by molar-refractivity contribution is 5.91. The molecule has 0 heterocycles. The predicted molar refractivity (Wildman–Crippen MR) is 89.4 cm³/mol. The third-order valence-electron chi connectivity index (χ3n) is 3.34. The topological polar surface area (TPSA) is 67.4 Å². The lowest BCUT2D eigenvalue weighted by atomic mass is 10.0. The van der Waals surface area contributed by atoms with Crippen LogP contribution in [0.15, 0.2) is 54.6 Å². The molecule has 0 bridgehead atoms. The smallest absolute Gasteiger partial charge is 0.406 e. The Kier molecular flexibility index (Phi) is 6.21. The van der Waals surface area contributed by atoms with Gasteiger partial charge < -0.3 is 15.4 Å². The SMILES string of the molecule is CC(=O)N[C@@H](CC(=O)Nc1ccc(OC(F)(F)F)cc1)c1ccccc1. The standard InChI is InChI=1S/C18H17F3N2O3/c1-12(24)22-16(13-5-3-2-4-6-13)11-17(25)23-14-7-9-15(10-8-14)26-18(19,20)21/h2-10,16H,11H2,1H3,(H,22,24)(H,23,25)/t16-/m0/s1. The van der Waals surface area contributed by atoms with Crippen LogP contribution in [0.5, 0.6) is 5.75 Å². The Balaban J connectivity index is 2.00. The molecule has 0 aliphatic heterocycles. The van der Waals surface area contributed by atoms with Gasteiger partial charge in [-0.15, -0.1) is 13.2 Å². The van der Waals surface area contributed by atoms with Crippen molar-refractivity contribution in [1.29, 1.82) is 0 Å². The van der Waals surface area contributed by atoms with Crippen LogP contribution >= 0.6 is 0 Å². The molecular formula is C18H17F3N2O3. The largest absolute Gasteiger partial charge is 0.573 e. The van der Waals surface area contributed by atoms with E-state index in [4.69, 9.17) is 0 Å². The first-order valence-electron chi connectivity index (χ1n) is 7.70.